The SMILES string of the molecule is CCn1c(C(C)C)c(N)c(=O)n1-c1ccc(C)c(Cl)c1. The Hall–Kier alpha value is -1.68. The summed E-state index contributed by atoms with van der Waals surface area (Å²) in [4.78, 5) is 12.4. The van der Waals surface area contributed by atoms with E-state index in [1.165, 1.54) is 0 Å². The van der Waals surface area contributed by atoms with Crippen molar-refractivity contribution in [2.24, 2.45) is 0 Å². The summed E-state index contributed by atoms with van der Waals surface area (Å²) in [5.74, 6) is 0.185. The van der Waals surface area contributed by atoms with Crippen LogP contribution >= 0.6 is 11.6 Å². The molecular weight excluding hydrogens is 274 g/mol. The molecule has 2 N–H and O–H groups in total. The molecule has 108 valence electrons. The van der Waals surface area contributed by atoms with Gasteiger partial charge in [-0.3, -0.25) is 9.48 Å². The topological polar surface area (TPSA) is 52.9 Å². The highest BCUT2D eigenvalue weighted by molar-refractivity contribution is 6.31. The maximum Gasteiger partial charge on any atom is 0.294 e. The number of halogens is 1. The minimum atomic E-state index is -0.185. The van der Waals surface area contributed by atoms with Crippen LogP contribution in [0, 0.1) is 6.92 Å². The van der Waals surface area contributed by atoms with Crippen molar-refractivity contribution in [3.05, 3.63) is 44.8 Å². The van der Waals surface area contributed by atoms with Crippen molar-refractivity contribution in [3.63, 3.8) is 0 Å². The van der Waals surface area contributed by atoms with Crippen LogP contribution in [-0.4, -0.2) is 9.36 Å². The van der Waals surface area contributed by atoms with E-state index in [0.29, 0.717) is 17.3 Å². The maximum absolute atomic E-state index is 12.4. The van der Waals surface area contributed by atoms with Gasteiger partial charge in [0.2, 0.25) is 0 Å². The van der Waals surface area contributed by atoms with Crippen LogP contribution < -0.4 is 11.3 Å². The third-order valence-corrected chi connectivity index (χ3v) is 3.87. The van der Waals surface area contributed by atoms with E-state index in [-0.39, 0.29) is 11.5 Å². The lowest BCUT2D eigenvalue weighted by Crippen LogP contribution is -2.22. The molecule has 0 spiro atoms. The summed E-state index contributed by atoms with van der Waals surface area (Å²) in [5.41, 5.74) is 8.73. The normalized spacial score (nSPS) is 11.3. The Bertz CT molecular complexity index is 698. The molecule has 0 atom stereocenters. The molecule has 0 saturated carbocycles. The smallest absolute Gasteiger partial charge is 0.294 e. The predicted molar refractivity (Wildman–Crippen MR) is 84.0 cm³/mol. The lowest BCUT2D eigenvalue weighted by atomic mass is 10.1. The molecule has 4 nitrogen and oxygen atoms in total. The van der Waals surface area contributed by atoms with Crippen molar-refractivity contribution in [2.75, 3.05) is 5.73 Å². The lowest BCUT2D eigenvalue weighted by Gasteiger charge is -2.15. The molecule has 2 rings (SSSR count). The van der Waals surface area contributed by atoms with Crippen molar-refractivity contribution in [2.45, 2.75) is 40.2 Å². The monoisotopic (exact) mass is 293 g/mol. The fourth-order valence-corrected chi connectivity index (χ4v) is 2.65. The van der Waals surface area contributed by atoms with Crippen molar-refractivity contribution in [1.82, 2.24) is 9.36 Å². The van der Waals surface area contributed by atoms with E-state index in [4.69, 9.17) is 17.3 Å². The van der Waals surface area contributed by atoms with Gasteiger partial charge < -0.3 is 5.73 Å². The zero-order valence-corrected chi connectivity index (χ0v) is 13.0. The first-order valence-electron chi connectivity index (χ1n) is 6.76. The molecule has 0 amide bonds. The van der Waals surface area contributed by atoms with Gasteiger partial charge in [0.15, 0.2) is 0 Å². The van der Waals surface area contributed by atoms with E-state index in [1.54, 1.807) is 10.7 Å². The number of benzene rings is 1. The lowest BCUT2D eigenvalue weighted by molar-refractivity contribution is 0.534. The van der Waals surface area contributed by atoms with Crippen molar-refractivity contribution < 1.29 is 0 Å². The molecule has 0 saturated heterocycles. The zero-order valence-electron chi connectivity index (χ0n) is 12.3. The summed E-state index contributed by atoms with van der Waals surface area (Å²) in [7, 11) is 0. The average Bonchev–Trinajstić information content (AvgIpc) is 2.65. The average molecular weight is 294 g/mol. The first-order chi connectivity index (χ1) is 9.38. The molecule has 0 radical (unpaired) electrons. The Morgan fingerprint density at radius 1 is 1.35 bits per heavy atom. The van der Waals surface area contributed by atoms with Gasteiger partial charge in [0, 0.05) is 11.6 Å². The Morgan fingerprint density at radius 3 is 2.50 bits per heavy atom. The molecular formula is C15H20ClN3O. The second-order valence-electron chi connectivity index (χ2n) is 5.22. The molecule has 0 bridgehead atoms. The fraction of sp³-hybridized carbons (Fsp3) is 0.400. The summed E-state index contributed by atoms with van der Waals surface area (Å²) in [6, 6.07) is 5.59. The van der Waals surface area contributed by atoms with Gasteiger partial charge in [-0.1, -0.05) is 31.5 Å². The first-order valence-corrected chi connectivity index (χ1v) is 7.14. The quantitative estimate of drug-likeness (QED) is 0.944. The molecule has 0 aliphatic heterocycles. The van der Waals surface area contributed by atoms with Crippen LogP contribution in [0.1, 0.15) is 37.9 Å². The molecule has 0 aliphatic carbocycles. The highest BCUT2D eigenvalue weighted by Gasteiger charge is 2.20. The molecule has 1 aromatic carbocycles. The van der Waals surface area contributed by atoms with E-state index in [9.17, 15) is 4.79 Å². The standard InChI is InChI=1S/C15H20ClN3O/c1-5-18-14(9(2)3)13(17)15(20)19(18)11-7-6-10(4)12(16)8-11/h6-9H,5,17H2,1-4H3. The molecule has 0 unspecified atom stereocenters. The van der Waals surface area contributed by atoms with Crippen molar-refractivity contribution >= 4 is 17.3 Å². The number of aromatic nitrogens is 2. The Morgan fingerprint density at radius 2 is 2.00 bits per heavy atom. The third kappa shape index (κ3) is 2.24. The van der Waals surface area contributed by atoms with Gasteiger partial charge in [0.25, 0.3) is 5.56 Å². The molecule has 1 aromatic heterocycles. The molecule has 0 fully saturated rings. The van der Waals surface area contributed by atoms with Gasteiger partial charge in [-0.15, -0.1) is 0 Å². The van der Waals surface area contributed by atoms with Crippen molar-refractivity contribution in [3.8, 4) is 5.69 Å². The number of nitrogens with two attached hydrogens (primary N) is 1. The maximum atomic E-state index is 12.4. The second kappa shape index (κ2) is 5.37. The first kappa shape index (κ1) is 14.7. The Kier molecular flexibility index (Phi) is 3.95. The summed E-state index contributed by atoms with van der Waals surface area (Å²) < 4.78 is 3.53. The van der Waals surface area contributed by atoms with E-state index in [2.05, 4.69) is 0 Å². The number of hydrogen-bond donors (Lipinski definition) is 1. The van der Waals surface area contributed by atoms with Crippen LogP contribution in [0.5, 0.6) is 0 Å². The van der Waals surface area contributed by atoms with Gasteiger partial charge in [-0.2, -0.15) is 0 Å². The summed E-state index contributed by atoms with van der Waals surface area (Å²) in [6.45, 7) is 8.66. The summed E-state index contributed by atoms with van der Waals surface area (Å²) in [5, 5.41) is 0.642. The largest absolute Gasteiger partial charge is 0.393 e. The highest BCUT2D eigenvalue weighted by Crippen LogP contribution is 2.24. The number of nitrogen functional groups attached to an aromatic ring is 1. The molecule has 5 heteroatoms. The van der Waals surface area contributed by atoms with Crippen molar-refractivity contribution in [1.29, 1.82) is 0 Å². The van der Waals surface area contributed by atoms with E-state index in [0.717, 1.165) is 16.9 Å². The molecule has 0 aliphatic rings. The third-order valence-electron chi connectivity index (χ3n) is 3.46. The fourth-order valence-electron chi connectivity index (χ4n) is 2.47. The summed E-state index contributed by atoms with van der Waals surface area (Å²) in [6.07, 6.45) is 0. The van der Waals surface area contributed by atoms with Crippen LogP contribution in [0.15, 0.2) is 23.0 Å². The van der Waals surface area contributed by atoms with Crippen LogP contribution in [0.25, 0.3) is 5.69 Å². The number of hydrogen-bond acceptors (Lipinski definition) is 2. The van der Waals surface area contributed by atoms with Crippen LogP contribution in [0.4, 0.5) is 5.69 Å². The minimum Gasteiger partial charge on any atom is -0.393 e. The molecule has 1 heterocycles. The van der Waals surface area contributed by atoms with Gasteiger partial charge in [-0.05, 0) is 37.5 Å². The summed E-state index contributed by atoms with van der Waals surface area (Å²) >= 11 is 6.16. The number of rotatable bonds is 3. The number of nitrogens with zero attached hydrogens (tertiary/aromatic N) is 2. The van der Waals surface area contributed by atoms with E-state index < -0.39 is 0 Å². The van der Waals surface area contributed by atoms with Crippen LogP contribution in [0.3, 0.4) is 0 Å². The van der Waals surface area contributed by atoms with E-state index in [1.807, 2.05) is 44.5 Å². The van der Waals surface area contributed by atoms with Gasteiger partial charge in [0.05, 0.1) is 11.4 Å². The highest BCUT2D eigenvalue weighted by atomic mass is 35.5. The number of anilines is 1. The second-order valence-corrected chi connectivity index (χ2v) is 5.63. The molecule has 2 aromatic rings. The van der Waals surface area contributed by atoms with E-state index >= 15 is 0 Å². The van der Waals surface area contributed by atoms with Crippen LogP contribution in [0.2, 0.25) is 5.02 Å². The predicted octanol–water partition coefficient (Wildman–Crippen LogP) is 3.33. The van der Waals surface area contributed by atoms with Gasteiger partial charge in [-0.25, -0.2) is 4.68 Å². The Balaban J connectivity index is 2.77. The molecule has 20 heavy (non-hydrogen) atoms. The minimum absolute atomic E-state index is 0.185. The van der Waals surface area contributed by atoms with Crippen LogP contribution in [-0.2, 0) is 6.54 Å². The number of aryl methyl sites for hydroxylation is 1. The van der Waals surface area contributed by atoms with Gasteiger partial charge in [0.1, 0.15) is 5.69 Å². The zero-order chi connectivity index (χ0) is 15.0. The van der Waals surface area contributed by atoms with Gasteiger partial charge >= 0.3 is 0 Å². The Labute approximate surface area is 123 Å².